The van der Waals surface area contributed by atoms with Crippen molar-refractivity contribution in [1.29, 1.82) is 0 Å². The molecule has 0 atom stereocenters. The first-order chi connectivity index (χ1) is 14.8. The number of hydrogen-bond acceptors (Lipinski definition) is 1. The van der Waals surface area contributed by atoms with Gasteiger partial charge in [-0.1, -0.05) is 121 Å². The van der Waals surface area contributed by atoms with Crippen LogP contribution in [0.2, 0.25) is 0 Å². The van der Waals surface area contributed by atoms with Crippen LogP contribution in [-0.2, 0) is 4.79 Å². The van der Waals surface area contributed by atoms with Crippen LogP contribution in [0.25, 0.3) is 34.4 Å². The lowest BCUT2D eigenvalue weighted by molar-refractivity contribution is -0.110. The van der Waals surface area contributed by atoms with Gasteiger partial charge < -0.3 is 0 Å². The van der Waals surface area contributed by atoms with Gasteiger partial charge in [-0.25, -0.2) is 0 Å². The number of ketones is 1. The van der Waals surface area contributed by atoms with E-state index in [9.17, 15) is 4.79 Å². The van der Waals surface area contributed by atoms with Crippen molar-refractivity contribution in [1.82, 2.24) is 0 Å². The first-order valence-electron chi connectivity index (χ1n) is 9.99. The first-order valence-corrected chi connectivity index (χ1v) is 9.99. The summed E-state index contributed by atoms with van der Waals surface area (Å²) in [5.74, 6) is -0.0331. The zero-order chi connectivity index (χ0) is 20.6. The van der Waals surface area contributed by atoms with Gasteiger partial charge in [0.2, 0.25) is 0 Å². The fraction of sp³-hybridized carbons (Fsp3) is 0. The Morgan fingerprint density at radius 3 is 1.13 bits per heavy atom. The average molecular weight is 386 g/mol. The molecule has 0 heterocycles. The van der Waals surface area contributed by atoms with E-state index in [0.29, 0.717) is 0 Å². The van der Waals surface area contributed by atoms with Gasteiger partial charge in [-0.3, -0.25) is 4.79 Å². The van der Waals surface area contributed by atoms with Crippen molar-refractivity contribution in [3.8, 4) is 22.3 Å². The monoisotopic (exact) mass is 386 g/mol. The smallest absolute Gasteiger partial charge is 0.178 e. The second kappa shape index (κ2) is 9.49. The van der Waals surface area contributed by atoms with Crippen molar-refractivity contribution in [2.24, 2.45) is 0 Å². The summed E-state index contributed by atoms with van der Waals surface area (Å²) in [6.07, 6.45) is 6.90. The molecule has 0 aliphatic rings. The van der Waals surface area contributed by atoms with Gasteiger partial charge in [-0.05, 0) is 45.5 Å². The molecule has 4 aromatic rings. The number of benzene rings is 4. The SMILES string of the molecule is O=C(C=Cc1ccc(-c2ccccc2)cc1)C=Cc1ccc(-c2ccccc2)cc1. The molecule has 0 amide bonds. The van der Waals surface area contributed by atoms with Gasteiger partial charge in [0.1, 0.15) is 0 Å². The molecule has 30 heavy (non-hydrogen) atoms. The topological polar surface area (TPSA) is 17.1 Å². The predicted octanol–water partition coefficient (Wildman–Crippen LogP) is 7.32. The Kier molecular flexibility index (Phi) is 6.12. The number of hydrogen-bond donors (Lipinski definition) is 0. The highest BCUT2D eigenvalue weighted by molar-refractivity contribution is 6.04. The molecule has 4 aromatic carbocycles. The Morgan fingerprint density at radius 2 is 0.767 bits per heavy atom. The second-order valence-electron chi connectivity index (χ2n) is 7.05. The molecule has 0 fully saturated rings. The normalized spacial score (nSPS) is 11.2. The summed E-state index contributed by atoms with van der Waals surface area (Å²) in [6, 6.07) is 36.9. The molecule has 4 rings (SSSR count). The van der Waals surface area contributed by atoms with Crippen molar-refractivity contribution in [3.05, 3.63) is 132 Å². The Bertz CT molecular complexity index is 1060. The van der Waals surface area contributed by atoms with Gasteiger partial charge in [0, 0.05) is 0 Å². The fourth-order valence-electron chi connectivity index (χ4n) is 3.25. The van der Waals surface area contributed by atoms with E-state index in [0.717, 1.165) is 22.3 Å². The zero-order valence-corrected chi connectivity index (χ0v) is 16.6. The third kappa shape index (κ3) is 5.09. The van der Waals surface area contributed by atoms with Crippen LogP contribution in [0.15, 0.2) is 121 Å². The van der Waals surface area contributed by atoms with Gasteiger partial charge in [0.25, 0.3) is 0 Å². The van der Waals surface area contributed by atoms with Gasteiger partial charge >= 0.3 is 0 Å². The lowest BCUT2D eigenvalue weighted by Crippen LogP contribution is -1.85. The van der Waals surface area contributed by atoms with E-state index in [-0.39, 0.29) is 5.78 Å². The second-order valence-corrected chi connectivity index (χ2v) is 7.05. The molecular weight excluding hydrogens is 364 g/mol. The third-order valence-corrected chi connectivity index (χ3v) is 4.92. The Labute approximate surface area is 177 Å². The largest absolute Gasteiger partial charge is 0.290 e. The summed E-state index contributed by atoms with van der Waals surface area (Å²) in [5.41, 5.74) is 6.71. The minimum Gasteiger partial charge on any atom is -0.290 e. The number of allylic oxidation sites excluding steroid dienone is 2. The van der Waals surface area contributed by atoms with E-state index in [1.807, 2.05) is 72.8 Å². The van der Waals surface area contributed by atoms with Crippen molar-refractivity contribution in [2.75, 3.05) is 0 Å². The molecular formula is C29H22O. The summed E-state index contributed by atoms with van der Waals surface area (Å²) in [7, 11) is 0. The van der Waals surface area contributed by atoms with E-state index in [1.54, 1.807) is 12.2 Å². The lowest BCUT2D eigenvalue weighted by Gasteiger charge is -2.02. The molecule has 0 unspecified atom stereocenters. The summed E-state index contributed by atoms with van der Waals surface area (Å²) in [6.45, 7) is 0. The molecule has 0 aliphatic carbocycles. The quantitative estimate of drug-likeness (QED) is 0.317. The van der Waals surface area contributed by atoms with E-state index in [2.05, 4.69) is 48.5 Å². The van der Waals surface area contributed by atoms with Crippen molar-refractivity contribution in [3.63, 3.8) is 0 Å². The van der Waals surface area contributed by atoms with Crippen molar-refractivity contribution in [2.45, 2.75) is 0 Å². The van der Waals surface area contributed by atoms with E-state index in [4.69, 9.17) is 0 Å². The van der Waals surface area contributed by atoms with Crippen molar-refractivity contribution < 1.29 is 4.79 Å². The molecule has 144 valence electrons. The van der Waals surface area contributed by atoms with Crippen LogP contribution in [-0.4, -0.2) is 5.78 Å². The van der Waals surface area contributed by atoms with Gasteiger partial charge in [0.15, 0.2) is 5.78 Å². The van der Waals surface area contributed by atoms with Gasteiger partial charge in [-0.15, -0.1) is 0 Å². The maximum Gasteiger partial charge on any atom is 0.178 e. The minimum absolute atomic E-state index is 0.0331. The van der Waals surface area contributed by atoms with Crippen LogP contribution >= 0.6 is 0 Å². The summed E-state index contributed by atoms with van der Waals surface area (Å²) in [4.78, 5) is 12.2. The maximum absolute atomic E-state index is 12.2. The molecule has 0 N–H and O–H groups in total. The lowest BCUT2D eigenvalue weighted by atomic mass is 10.0. The zero-order valence-electron chi connectivity index (χ0n) is 16.6. The molecule has 0 spiro atoms. The summed E-state index contributed by atoms with van der Waals surface area (Å²) in [5, 5.41) is 0. The van der Waals surface area contributed by atoms with E-state index < -0.39 is 0 Å². The summed E-state index contributed by atoms with van der Waals surface area (Å²) >= 11 is 0. The number of carbonyl (C=O) groups is 1. The standard InChI is InChI=1S/C29H22O/c30-29(21-15-23-11-17-27(18-12-23)25-7-3-1-4-8-25)22-16-24-13-19-28(20-14-24)26-9-5-2-6-10-26/h1-22H. The molecule has 0 saturated heterocycles. The van der Waals surface area contributed by atoms with Gasteiger partial charge in [-0.2, -0.15) is 0 Å². The first kappa shape index (κ1) is 19.4. The minimum atomic E-state index is -0.0331. The van der Waals surface area contributed by atoms with Gasteiger partial charge in [0.05, 0.1) is 0 Å². The number of rotatable bonds is 6. The van der Waals surface area contributed by atoms with Crippen LogP contribution in [0, 0.1) is 0 Å². The molecule has 0 radical (unpaired) electrons. The predicted molar refractivity (Wildman–Crippen MR) is 127 cm³/mol. The third-order valence-electron chi connectivity index (χ3n) is 4.92. The Hall–Kier alpha value is -3.97. The molecule has 0 aromatic heterocycles. The van der Waals surface area contributed by atoms with E-state index in [1.165, 1.54) is 11.1 Å². The van der Waals surface area contributed by atoms with Crippen LogP contribution < -0.4 is 0 Å². The highest BCUT2D eigenvalue weighted by Crippen LogP contribution is 2.20. The van der Waals surface area contributed by atoms with E-state index >= 15 is 0 Å². The fourth-order valence-corrected chi connectivity index (χ4v) is 3.25. The molecule has 0 bridgehead atoms. The molecule has 0 aliphatic heterocycles. The Morgan fingerprint density at radius 1 is 0.433 bits per heavy atom. The van der Waals surface area contributed by atoms with Crippen molar-refractivity contribution >= 4 is 17.9 Å². The molecule has 0 saturated carbocycles. The summed E-state index contributed by atoms with van der Waals surface area (Å²) < 4.78 is 0. The molecule has 1 heteroatoms. The average Bonchev–Trinajstić information content (AvgIpc) is 2.83. The Balaban J connectivity index is 1.37. The van der Waals surface area contributed by atoms with Crippen LogP contribution in [0.1, 0.15) is 11.1 Å². The maximum atomic E-state index is 12.2. The number of carbonyl (C=O) groups excluding carboxylic acids is 1. The van der Waals surface area contributed by atoms with Crippen LogP contribution in [0.3, 0.4) is 0 Å². The van der Waals surface area contributed by atoms with Crippen LogP contribution in [0.5, 0.6) is 0 Å². The molecule has 1 nitrogen and oxygen atoms in total. The van der Waals surface area contributed by atoms with Crippen LogP contribution in [0.4, 0.5) is 0 Å². The highest BCUT2D eigenvalue weighted by Gasteiger charge is 1.98. The highest BCUT2D eigenvalue weighted by atomic mass is 16.1.